The number of nitrogens with one attached hydrogen (secondary N) is 1. The monoisotopic (exact) mass is 286 g/mol. The van der Waals surface area contributed by atoms with Crippen LogP contribution in [0.5, 0.6) is 0 Å². The molecule has 2 aromatic rings. The first-order valence-corrected chi connectivity index (χ1v) is 8.35. The zero-order chi connectivity index (χ0) is 13.8. The lowest BCUT2D eigenvalue weighted by molar-refractivity contribution is 0.381. The Morgan fingerprint density at radius 1 is 1.15 bits per heavy atom. The SMILES string of the molecule is CC(NC1CCN(c2ccccc2)CC1)c1ccsc1. The lowest BCUT2D eigenvalue weighted by atomic mass is 10.0. The first kappa shape index (κ1) is 13.7. The van der Waals surface area contributed by atoms with Crippen LogP contribution >= 0.6 is 11.3 Å². The van der Waals surface area contributed by atoms with E-state index in [-0.39, 0.29) is 0 Å². The van der Waals surface area contributed by atoms with Gasteiger partial charge in [-0.2, -0.15) is 11.3 Å². The number of anilines is 1. The van der Waals surface area contributed by atoms with Gasteiger partial charge in [0.25, 0.3) is 0 Å². The normalized spacial score (nSPS) is 18.1. The molecule has 0 aliphatic carbocycles. The molecule has 0 bridgehead atoms. The highest BCUT2D eigenvalue weighted by atomic mass is 32.1. The summed E-state index contributed by atoms with van der Waals surface area (Å²) in [4.78, 5) is 2.49. The summed E-state index contributed by atoms with van der Waals surface area (Å²) in [6.45, 7) is 4.57. The lowest BCUT2D eigenvalue weighted by Gasteiger charge is -2.35. The fourth-order valence-corrected chi connectivity index (χ4v) is 3.67. The molecule has 3 heteroatoms. The van der Waals surface area contributed by atoms with Crippen LogP contribution in [0, 0.1) is 0 Å². The number of thiophene rings is 1. The molecule has 0 amide bonds. The summed E-state index contributed by atoms with van der Waals surface area (Å²) in [6.07, 6.45) is 2.45. The fraction of sp³-hybridized carbons (Fsp3) is 0.412. The summed E-state index contributed by atoms with van der Waals surface area (Å²) in [5, 5.41) is 8.18. The molecule has 106 valence electrons. The highest BCUT2D eigenvalue weighted by Gasteiger charge is 2.20. The Balaban J connectivity index is 1.51. The van der Waals surface area contributed by atoms with Crippen LogP contribution in [-0.2, 0) is 0 Å². The van der Waals surface area contributed by atoms with Crippen LogP contribution < -0.4 is 10.2 Å². The van der Waals surface area contributed by atoms with Gasteiger partial charge in [-0.05, 0) is 54.3 Å². The van der Waals surface area contributed by atoms with Crippen molar-refractivity contribution in [2.75, 3.05) is 18.0 Å². The van der Waals surface area contributed by atoms with Crippen LogP contribution in [0.1, 0.15) is 31.4 Å². The molecule has 2 nitrogen and oxygen atoms in total. The largest absolute Gasteiger partial charge is 0.371 e. The van der Waals surface area contributed by atoms with Crippen molar-refractivity contribution in [2.24, 2.45) is 0 Å². The van der Waals surface area contributed by atoms with Crippen molar-refractivity contribution in [3.05, 3.63) is 52.7 Å². The van der Waals surface area contributed by atoms with Crippen molar-refractivity contribution >= 4 is 17.0 Å². The third kappa shape index (κ3) is 3.22. The second-order valence-electron chi connectivity index (χ2n) is 5.54. The van der Waals surface area contributed by atoms with Crippen molar-refractivity contribution in [1.82, 2.24) is 5.32 Å². The fourth-order valence-electron chi connectivity index (χ4n) is 2.91. The molecule has 2 heterocycles. The highest BCUT2D eigenvalue weighted by Crippen LogP contribution is 2.22. The maximum atomic E-state index is 3.77. The average Bonchev–Trinajstić information content (AvgIpc) is 3.03. The number of para-hydroxylation sites is 1. The smallest absolute Gasteiger partial charge is 0.0366 e. The summed E-state index contributed by atoms with van der Waals surface area (Å²) < 4.78 is 0. The van der Waals surface area contributed by atoms with Gasteiger partial charge in [-0.3, -0.25) is 0 Å². The van der Waals surface area contributed by atoms with Gasteiger partial charge in [-0.25, -0.2) is 0 Å². The van der Waals surface area contributed by atoms with Crippen molar-refractivity contribution in [3.8, 4) is 0 Å². The summed E-state index contributed by atoms with van der Waals surface area (Å²) in [7, 11) is 0. The third-order valence-corrected chi connectivity index (χ3v) is 4.85. The molecule has 0 saturated carbocycles. The van der Waals surface area contributed by atoms with E-state index < -0.39 is 0 Å². The van der Waals surface area contributed by atoms with E-state index in [1.54, 1.807) is 11.3 Å². The predicted octanol–water partition coefficient (Wildman–Crippen LogP) is 4.07. The quantitative estimate of drug-likeness (QED) is 0.911. The third-order valence-electron chi connectivity index (χ3n) is 4.15. The standard InChI is InChI=1S/C17H22N2S/c1-14(15-9-12-20-13-15)18-16-7-10-19(11-8-16)17-5-3-2-4-6-17/h2-6,9,12-14,16,18H,7-8,10-11H2,1H3. The van der Waals surface area contributed by atoms with Crippen LogP contribution in [0.4, 0.5) is 5.69 Å². The molecule has 1 atom stereocenters. The molecule has 1 saturated heterocycles. The van der Waals surface area contributed by atoms with E-state index in [0.717, 1.165) is 13.1 Å². The Morgan fingerprint density at radius 3 is 2.55 bits per heavy atom. The molecule has 0 spiro atoms. The zero-order valence-electron chi connectivity index (χ0n) is 12.0. The van der Waals surface area contributed by atoms with E-state index in [0.29, 0.717) is 12.1 Å². The Kier molecular flexibility index (Phi) is 4.38. The van der Waals surface area contributed by atoms with Crippen molar-refractivity contribution in [1.29, 1.82) is 0 Å². The van der Waals surface area contributed by atoms with Gasteiger partial charge in [0.05, 0.1) is 0 Å². The summed E-state index contributed by atoms with van der Waals surface area (Å²) in [6, 6.07) is 14.1. The topological polar surface area (TPSA) is 15.3 Å². The Morgan fingerprint density at radius 2 is 1.90 bits per heavy atom. The molecule has 3 rings (SSSR count). The first-order valence-electron chi connectivity index (χ1n) is 7.41. The van der Waals surface area contributed by atoms with Gasteiger partial charge in [0.2, 0.25) is 0 Å². The van der Waals surface area contributed by atoms with Crippen LogP contribution in [0.15, 0.2) is 47.2 Å². The highest BCUT2D eigenvalue weighted by molar-refractivity contribution is 7.07. The second-order valence-corrected chi connectivity index (χ2v) is 6.32. The molecule has 1 aliphatic rings. The number of rotatable bonds is 4. The Labute approximate surface area is 125 Å². The van der Waals surface area contributed by atoms with E-state index >= 15 is 0 Å². The molecule has 1 unspecified atom stereocenters. The van der Waals surface area contributed by atoms with Gasteiger partial charge >= 0.3 is 0 Å². The van der Waals surface area contributed by atoms with E-state index in [1.165, 1.54) is 24.1 Å². The van der Waals surface area contributed by atoms with E-state index in [4.69, 9.17) is 0 Å². The van der Waals surface area contributed by atoms with Crippen molar-refractivity contribution in [2.45, 2.75) is 31.8 Å². The lowest BCUT2D eigenvalue weighted by Crippen LogP contribution is -2.43. The van der Waals surface area contributed by atoms with Gasteiger partial charge in [0.1, 0.15) is 0 Å². The maximum Gasteiger partial charge on any atom is 0.0366 e. The van der Waals surface area contributed by atoms with E-state index in [2.05, 4.69) is 64.3 Å². The van der Waals surface area contributed by atoms with Gasteiger partial charge in [-0.15, -0.1) is 0 Å². The van der Waals surface area contributed by atoms with Gasteiger partial charge < -0.3 is 10.2 Å². The Hall–Kier alpha value is -1.32. The van der Waals surface area contributed by atoms with Crippen LogP contribution in [-0.4, -0.2) is 19.1 Å². The van der Waals surface area contributed by atoms with Gasteiger partial charge in [0.15, 0.2) is 0 Å². The molecule has 20 heavy (non-hydrogen) atoms. The minimum Gasteiger partial charge on any atom is -0.371 e. The zero-order valence-corrected chi connectivity index (χ0v) is 12.8. The Bertz CT molecular complexity index is 501. The van der Waals surface area contributed by atoms with Crippen molar-refractivity contribution < 1.29 is 0 Å². The molecular formula is C17H22N2S. The summed E-state index contributed by atoms with van der Waals surface area (Å²) >= 11 is 1.78. The van der Waals surface area contributed by atoms with Crippen LogP contribution in [0.2, 0.25) is 0 Å². The minimum atomic E-state index is 0.467. The number of hydrogen-bond donors (Lipinski definition) is 1. The molecule has 1 N–H and O–H groups in total. The molecule has 0 radical (unpaired) electrons. The maximum absolute atomic E-state index is 3.77. The first-order chi connectivity index (χ1) is 9.83. The number of hydrogen-bond acceptors (Lipinski definition) is 3. The number of piperidine rings is 1. The number of benzene rings is 1. The minimum absolute atomic E-state index is 0.467. The molecule has 1 fully saturated rings. The van der Waals surface area contributed by atoms with E-state index in [9.17, 15) is 0 Å². The second kappa shape index (κ2) is 6.42. The average molecular weight is 286 g/mol. The van der Waals surface area contributed by atoms with Gasteiger partial charge in [0, 0.05) is 30.9 Å². The molecule has 1 aliphatic heterocycles. The van der Waals surface area contributed by atoms with E-state index in [1.807, 2.05) is 0 Å². The molecule has 1 aromatic heterocycles. The molecule has 1 aromatic carbocycles. The predicted molar refractivity (Wildman–Crippen MR) is 87.5 cm³/mol. The molecular weight excluding hydrogens is 264 g/mol. The van der Waals surface area contributed by atoms with Crippen LogP contribution in [0.25, 0.3) is 0 Å². The van der Waals surface area contributed by atoms with Crippen LogP contribution in [0.3, 0.4) is 0 Å². The summed E-state index contributed by atoms with van der Waals surface area (Å²) in [5.74, 6) is 0. The summed E-state index contributed by atoms with van der Waals surface area (Å²) in [5.41, 5.74) is 2.78. The number of nitrogens with zero attached hydrogens (tertiary/aromatic N) is 1. The van der Waals surface area contributed by atoms with Crippen molar-refractivity contribution in [3.63, 3.8) is 0 Å². The van der Waals surface area contributed by atoms with Gasteiger partial charge in [-0.1, -0.05) is 18.2 Å².